The zero-order chi connectivity index (χ0) is 11.7. The van der Waals surface area contributed by atoms with Crippen LogP contribution in [0.5, 0.6) is 0 Å². The number of aromatic nitrogens is 2. The van der Waals surface area contributed by atoms with Gasteiger partial charge in [-0.3, -0.25) is 0 Å². The number of nitrogens with two attached hydrogens (primary N) is 1. The summed E-state index contributed by atoms with van der Waals surface area (Å²) >= 11 is 6.13. The topological polar surface area (TPSA) is 55.9 Å². The molecule has 86 valence electrons. The number of imidazole rings is 1. The molecular formula is C11H15ClN4. The van der Waals surface area contributed by atoms with Crippen molar-refractivity contribution in [3.05, 3.63) is 23.2 Å². The van der Waals surface area contributed by atoms with Crippen molar-refractivity contribution >= 4 is 28.6 Å². The van der Waals surface area contributed by atoms with Crippen molar-refractivity contribution in [1.29, 1.82) is 0 Å². The first-order valence-corrected chi connectivity index (χ1v) is 5.58. The van der Waals surface area contributed by atoms with E-state index in [0.29, 0.717) is 11.6 Å². The zero-order valence-electron chi connectivity index (χ0n) is 9.37. The maximum absolute atomic E-state index is 6.13. The van der Waals surface area contributed by atoms with Crippen LogP contribution in [-0.4, -0.2) is 22.1 Å². The summed E-state index contributed by atoms with van der Waals surface area (Å²) in [6.45, 7) is 2.64. The molecule has 1 heterocycles. The molecule has 0 fully saturated rings. The highest BCUT2D eigenvalue weighted by Crippen LogP contribution is 2.25. The summed E-state index contributed by atoms with van der Waals surface area (Å²) in [5, 5.41) is 3.91. The normalized spacial score (nSPS) is 13.0. The molecule has 0 amide bonds. The summed E-state index contributed by atoms with van der Waals surface area (Å²) < 4.78 is 1.94. The molecule has 0 spiro atoms. The predicted octanol–water partition coefficient (Wildman–Crippen LogP) is 1.99. The number of fused-ring (bicyclic) bond motifs is 1. The summed E-state index contributed by atoms with van der Waals surface area (Å²) in [4.78, 5) is 4.46. The van der Waals surface area contributed by atoms with Gasteiger partial charge >= 0.3 is 0 Å². The van der Waals surface area contributed by atoms with Gasteiger partial charge in [-0.15, -0.1) is 0 Å². The minimum atomic E-state index is 0.0929. The lowest BCUT2D eigenvalue weighted by atomic mass is 10.3. The van der Waals surface area contributed by atoms with Crippen LogP contribution in [0.4, 0.5) is 5.95 Å². The molecule has 4 nitrogen and oxygen atoms in total. The van der Waals surface area contributed by atoms with Gasteiger partial charge in [0.15, 0.2) is 0 Å². The Morgan fingerprint density at radius 3 is 2.94 bits per heavy atom. The smallest absolute Gasteiger partial charge is 0.203 e. The first-order valence-electron chi connectivity index (χ1n) is 5.20. The van der Waals surface area contributed by atoms with Gasteiger partial charge in [0.1, 0.15) is 0 Å². The van der Waals surface area contributed by atoms with E-state index in [0.717, 1.165) is 17.0 Å². The third-order valence-electron chi connectivity index (χ3n) is 2.43. The number of benzene rings is 1. The van der Waals surface area contributed by atoms with Crippen molar-refractivity contribution in [2.75, 3.05) is 11.9 Å². The Bertz CT molecular complexity index is 504. The molecule has 0 bridgehead atoms. The molecule has 2 aromatic rings. The average Bonchev–Trinajstić information content (AvgIpc) is 2.54. The van der Waals surface area contributed by atoms with Crippen LogP contribution in [0, 0.1) is 0 Å². The molecular weight excluding hydrogens is 224 g/mol. The summed E-state index contributed by atoms with van der Waals surface area (Å²) in [5.74, 6) is 0.792. The average molecular weight is 239 g/mol. The SMILES string of the molecule is CC(N)CNc1nc2cccc(Cl)c2n1C. The fraction of sp³-hybridized carbons (Fsp3) is 0.364. The van der Waals surface area contributed by atoms with Crippen molar-refractivity contribution in [3.63, 3.8) is 0 Å². The monoisotopic (exact) mass is 238 g/mol. The Morgan fingerprint density at radius 1 is 1.56 bits per heavy atom. The highest BCUT2D eigenvalue weighted by Gasteiger charge is 2.09. The molecule has 1 aromatic carbocycles. The zero-order valence-corrected chi connectivity index (χ0v) is 10.1. The van der Waals surface area contributed by atoms with E-state index in [9.17, 15) is 0 Å². The standard InChI is InChI=1S/C11H15ClN4/c1-7(13)6-14-11-15-9-5-3-4-8(12)10(9)16(11)2/h3-5,7H,6,13H2,1-2H3,(H,14,15). The fourth-order valence-electron chi connectivity index (χ4n) is 1.63. The molecule has 5 heteroatoms. The Balaban J connectivity index is 2.40. The molecule has 0 saturated heterocycles. The van der Waals surface area contributed by atoms with Gasteiger partial charge in [0, 0.05) is 19.6 Å². The van der Waals surface area contributed by atoms with E-state index in [1.54, 1.807) is 0 Å². The lowest BCUT2D eigenvalue weighted by molar-refractivity contribution is 0.767. The van der Waals surface area contributed by atoms with Crippen molar-refractivity contribution in [2.45, 2.75) is 13.0 Å². The third kappa shape index (κ3) is 1.99. The van der Waals surface area contributed by atoms with Gasteiger partial charge in [-0.25, -0.2) is 4.98 Å². The second kappa shape index (κ2) is 4.31. The van der Waals surface area contributed by atoms with Crippen LogP contribution >= 0.6 is 11.6 Å². The van der Waals surface area contributed by atoms with E-state index in [1.165, 1.54) is 0 Å². The van der Waals surface area contributed by atoms with Crippen LogP contribution < -0.4 is 11.1 Å². The predicted molar refractivity (Wildman–Crippen MR) is 67.9 cm³/mol. The molecule has 16 heavy (non-hydrogen) atoms. The van der Waals surface area contributed by atoms with Crippen molar-refractivity contribution < 1.29 is 0 Å². The van der Waals surface area contributed by atoms with Gasteiger partial charge in [0.05, 0.1) is 16.1 Å². The van der Waals surface area contributed by atoms with E-state index in [1.807, 2.05) is 36.7 Å². The molecule has 1 aromatic heterocycles. The van der Waals surface area contributed by atoms with Crippen LogP contribution in [0.25, 0.3) is 11.0 Å². The van der Waals surface area contributed by atoms with E-state index < -0.39 is 0 Å². The summed E-state index contributed by atoms with van der Waals surface area (Å²) in [6, 6.07) is 5.79. The van der Waals surface area contributed by atoms with Crippen molar-refractivity contribution in [1.82, 2.24) is 9.55 Å². The number of nitrogens with one attached hydrogen (secondary N) is 1. The van der Waals surface area contributed by atoms with Gasteiger partial charge in [0.2, 0.25) is 5.95 Å². The van der Waals surface area contributed by atoms with Crippen molar-refractivity contribution in [3.8, 4) is 0 Å². The van der Waals surface area contributed by atoms with Gasteiger partial charge in [-0.2, -0.15) is 0 Å². The highest BCUT2D eigenvalue weighted by molar-refractivity contribution is 6.35. The quantitative estimate of drug-likeness (QED) is 0.860. The third-order valence-corrected chi connectivity index (χ3v) is 2.73. The molecule has 2 rings (SSSR count). The number of anilines is 1. The maximum Gasteiger partial charge on any atom is 0.203 e. The molecule has 3 N–H and O–H groups in total. The van der Waals surface area contributed by atoms with Crippen LogP contribution in [-0.2, 0) is 7.05 Å². The van der Waals surface area contributed by atoms with E-state index in [-0.39, 0.29) is 6.04 Å². The highest BCUT2D eigenvalue weighted by atomic mass is 35.5. The second-order valence-corrected chi connectivity index (χ2v) is 4.37. The van der Waals surface area contributed by atoms with Crippen LogP contribution in [0.15, 0.2) is 18.2 Å². The number of hydrogen-bond donors (Lipinski definition) is 2. The summed E-state index contributed by atoms with van der Waals surface area (Å²) in [5.41, 5.74) is 7.52. The molecule has 0 radical (unpaired) electrons. The number of halogens is 1. The second-order valence-electron chi connectivity index (χ2n) is 3.96. The van der Waals surface area contributed by atoms with Crippen LogP contribution in [0.2, 0.25) is 5.02 Å². The molecule has 1 unspecified atom stereocenters. The largest absolute Gasteiger partial charge is 0.354 e. The maximum atomic E-state index is 6.13. The first-order chi connectivity index (χ1) is 7.59. The van der Waals surface area contributed by atoms with Gasteiger partial charge in [-0.1, -0.05) is 17.7 Å². The molecule has 1 atom stereocenters. The molecule has 0 aliphatic rings. The van der Waals surface area contributed by atoms with E-state index >= 15 is 0 Å². The summed E-state index contributed by atoms with van der Waals surface area (Å²) in [6.07, 6.45) is 0. The number of rotatable bonds is 3. The Labute approximate surface area is 99.4 Å². The first kappa shape index (κ1) is 11.2. The Hall–Kier alpha value is -1.26. The minimum Gasteiger partial charge on any atom is -0.354 e. The lowest BCUT2D eigenvalue weighted by Gasteiger charge is -2.08. The molecule has 0 saturated carbocycles. The minimum absolute atomic E-state index is 0.0929. The Morgan fingerprint density at radius 2 is 2.31 bits per heavy atom. The van der Waals surface area contributed by atoms with Gasteiger partial charge in [0.25, 0.3) is 0 Å². The number of hydrogen-bond acceptors (Lipinski definition) is 3. The van der Waals surface area contributed by atoms with E-state index in [4.69, 9.17) is 17.3 Å². The van der Waals surface area contributed by atoms with Crippen molar-refractivity contribution in [2.24, 2.45) is 12.8 Å². The lowest BCUT2D eigenvalue weighted by Crippen LogP contribution is -2.26. The summed E-state index contributed by atoms with van der Waals surface area (Å²) in [7, 11) is 1.94. The fourth-order valence-corrected chi connectivity index (χ4v) is 1.93. The van der Waals surface area contributed by atoms with Gasteiger partial charge < -0.3 is 15.6 Å². The molecule has 0 aliphatic heterocycles. The van der Waals surface area contributed by atoms with Gasteiger partial charge in [-0.05, 0) is 19.1 Å². The Kier molecular flexibility index (Phi) is 3.03. The van der Waals surface area contributed by atoms with Crippen LogP contribution in [0.3, 0.4) is 0 Å². The molecule has 0 aliphatic carbocycles. The van der Waals surface area contributed by atoms with Crippen LogP contribution in [0.1, 0.15) is 6.92 Å². The number of nitrogens with zero attached hydrogens (tertiary/aromatic N) is 2. The van der Waals surface area contributed by atoms with E-state index in [2.05, 4.69) is 10.3 Å². The number of para-hydroxylation sites is 1. The number of aryl methyl sites for hydroxylation is 1.